The number of carboxylic acids is 1. The lowest BCUT2D eigenvalue weighted by atomic mass is 10.1. The second-order valence-corrected chi connectivity index (χ2v) is 4.86. The molecule has 0 fully saturated rings. The van der Waals surface area contributed by atoms with Crippen molar-refractivity contribution in [3.8, 4) is 0 Å². The molecular weight excluding hydrogens is 290 g/mol. The zero-order valence-electron chi connectivity index (χ0n) is 12.4. The molecule has 0 aliphatic heterocycles. The van der Waals surface area contributed by atoms with Gasteiger partial charge in [-0.25, -0.2) is 0 Å². The minimum atomic E-state index is -1.02. The highest BCUT2D eigenvalue weighted by atomic mass is 16.6. The molecule has 0 aliphatic rings. The molecule has 0 heterocycles. The van der Waals surface area contributed by atoms with Crippen molar-refractivity contribution in [2.24, 2.45) is 0 Å². The number of carbonyl (C=O) groups is 2. The number of benzene rings is 1. The average molecular weight is 309 g/mol. The Morgan fingerprint density at radius 1 is 1.41 bits per heavy atom. The van der Waals surface area contributed by atoms with E-state index in [4.69, 9.17) is 5.11 Å². The number of nitrogens with one attached hydrogen (secondary N) is 2. The predicted molar refractivity (Wildman–Crippen MR) is 80.7 cm³/mol. The van der Waals surface area contributed by atoms with Crippen LogP contribution in [0.15, 0.2) is 24.3 Å². The highest BCUT2D eigenvalue weighted by Crippen LogP contribution is 2.17. The number of carboxylic acid groups (broad SMARTS) is 1. The first-order chi connectivity index (χ1) is 10.3. The zero-order chi connectivity index (χ0) is 16.7. The van der Waals surface area contributed by atoms with Gasteiger partial charge in [0.15, 0.2) is 0 Å². The molecule has 120 valence electrons. The van der Waals surface area contributed by atoms with Gasteiger partial charge < -0.3 is 10.4 Å². The minimum absolute atomic E-state index is 0.132. The first-order valence-electron chi connectivity index (χ1n) is 6.89. The van der Waals surface area contributed by atoms with E-state index in [1.54, 1.807) is 0 Å². The van der Waals surface area contributed by atoms with E-state index in [1.165, 1.54) is 31.2 Å². The summed E-state index contributed by atoms with van der Waals surface area (Å²) in [6, 6.07) is 3.99. The molecule has 1 aromatic rings. The SMILES string of the molecule is CCCC(NC(C)C(=O)Nc1cccc([N+](=O)[O-])c1)C(=O)O. The van der Waals surface area contributed by atoms with Crippen LogP contribution in [0.2, 0.25) is 0 Å². The topological polar surface area (TPSA) is 122 Å². The van der Waals surface area contributed by atoms with Crippen LogP contribution in [0.3, 0.4) is 0 Å². The summed E-state index contributed by atoms with van der Waals surface area (Å²) in [5.41, 5.74) is 0.156. The van der Waals surface area contributed by atoms with Crippen molar-refractivity contribution in [2.45, 2.75) is 38.8 Å². The second kappa shape index (κ2) is 8.08. The van der Waals surface area contributed by atoms with Gasteiger partial charge in [0.05, 0.1) is 11.0 Å². The lowest BCUT2D eigenvalue weighted by Gasteiger charge is -2.19. The van der Waals surface area contributed by atoms with Crippen molar-refractivity contribution in [3.05, 3.63) is 34.4 Å². The number of hydrogen-bond acceptors (Lipinski definition) is 5. The van der Waals surface area contributed by atoms with E-state index in [1.807, 2.05) is 6.92 Å². The molecule has 0 radical (unpaired) electrons. The summed E-state index contributed by atoms with van der Waals surface area (Å²) in [5, 5.41) is 25.0. The molecule has 1 rings (SSSR count). The van der Waals surface area contributed by atoms with Gasteiger partial charge in [-0.05, 0) is 19.4 Å². The first kappa shape index (κ1) is 17.6. The largest absolute Gasteiger partial charge is 0.480 e. The van der Waals surface area contributed by atoms with Crippen molar-refractivity contribution in [1.82, 2.24) is 5.32 Å². The molecular formula is C14H19N3O5. The molecule has 1 amide bonds. The molecule has 8 nitrogen and oxygen atoms in total. The molecule has 0 bridgehead atoms. The van der Waals surface area contributed by atoms with E-state index in [9.17, 15) is 19.7 Å². The number of amides is 1. The van der Waals surface area contributed by atoms with Crippen molar-refractivity contribution < 1.29 is 19.6 Å². The maximum absolute atomic E-state index is 12.0. The van der Waals surface area contributed by atoms with Gasteiger partial charge in [-0.1, -0.05) is 19.4 Å². The number of rotatable bonds is 8. The number of aliphatic carboxylic acids is 1. The lowest BCUT2D eigenvalue weighted by Crippen LogP contribution is -2.47. The summed E-state index contributed by atoms with van der Waals surface area (Å²) in [5.74, 6) is -1.47. The molecule has 2 unspecified atom stereocenters. The van der Waals surface area contributed by atoms with Crippen LogP contribution in [-0.2, 0) is 9.59 Å². The number of non-ortho nitro benzene ring substituents is 1. The third-order valence-electron chi connectivity index (χ3n) is 3.04. The maximum Gasteiger partial charge on any atom is 0.320 e. The minimum Gasteiger partial charge on any atom is -0.480 e. The number of nitrogens with zero attached hydrogens (tertiary/aromatic N) is 1. The normalized spacial score (nSPS) is 13.2. The monoisotopic (exact) mass is 309 g/mol. The zero-order valence-corrected chi connectivity index (χ0v) is 12.4. The molecule has 0 aromatic heterocycles. The average Bonchev–Trinajstić information content (AvgIpc) is 2.46. The highest BCUT2D eigenvalue weighted by Gasteiger charge is 2.22. The summed E-state index contributed by atoms with van der Waals surface area (Å²) in [7, 11) is 0. The Morgan fingerprint density at radius 2 is 2.09 bits per heavy atom. The van der Waals surface area contributed by atoms with E-state index in [0.29, 0.717) is 12.8 Å². The van der Waals surface area contributed by atoms with E-state index in [2.05, 4.69) is 10.6 Å². The van der Waals surface area contributed by atoms with Gasteiger partial charge in [-0.2, -0.15) is 0 Å². The van der Waals surface area contributed by atoms with E-state index in [0.717, 1.165) is 0 Å². The first-order valence-corrected chi connectivity index (χ1v) is 6.89. The summed E-state index contributed by atoms with van der Waals surface area (Å²) in [6.45, 7) is 3.39. The van der Waals surface area contributed by atoms with E-state index in [-0.39, 0.29) is 11.4 Å². The molecule has 0 saturated heterocycles. The van der Waals surface area contributed by atoms with Crippen LogP contribution < -0.4 is 10.6 Å². The lowest BCUT2D eigenvalue weighted by molar-refractivity contribution is -0.384. The third kappa shape index (κ3) is 5.13. The van der Waals surface area contributed by atoms with Crippen LogP contribution in [0.1, 0.15) is 26.7 Å². The predicted octanol–water partition coefficient (Wildman–Crippen LogP) is 1.76. The second-order valence-electron chi connectivity index (χ2n) is 4.86. The van der Waals surface area contributed by atoms with Crippen molar-refractivity contribution >= 4 is 23.3 Å². The molecule has 8 heteroatoms. The summed E-state index contributed by atoms with van der Waals surface area (Å²) < 4.78 is 0. The van der Waals surface area contributed by atoms with Crippen LogP contribution in [0.4, 0.5) is 11.4 Å². The van der Waals surface area contributed by atoms with Gasteiger partial charge in [0, 0.05) is 17.8 Å². The molecule has 22 heavy (non-hydrogen) atoms. The van der Waals surface area contributed by atoms with E-state index < -0.39 is 28.9 Å². The van der Waals surface area contributed by atoms with Gasteiger partial charge in [0.2, 0.25) is 5.91 Å². The molecule has 0 saturated carbocycles. The Morgan fingerprint density at radius 3 is 2.64 bits per heavy atom. The highest BCUT2D eigenvalue weighted by molar-refractivity contribution is 5.95. The molecule has 1 aromatic carbocycles. The van der Waals surface area contributed by atoms with Crippen LogP contribution in [0.25, 0.3) is 0 Å². The fourth-order valence-corrected chi connectivity index (χ4v) is 1.89. The smallest absolute Gasteiger partial charge is 0.320 e. The fourth-order valence-electron chi connectivity index (χ4n) is 1.89. The van der Waals surface area contributed by atoms with Gasteiger partial charge in [-0.15, -0.1) is 0 Å². The number of hydrogen-bond donors (Lipinski definition) is 3. The molecule has 3 N–H and O–H groups in total. The molecule has 0 aliphatic carbocycles. The quantitative estimate of drug-likeness (QED) is 0.497. The van der Waals surface area contributed by atoms with Crippen LogP contribution in [0.5, 0.6) is 0 Å². The van der Waals surface area contributed by atoms with Gasteiger partial charge in [-0.3, -0.25) is 25.0 Å². The molecule has 2 atom stereocenters. The fraction of sp³-hybridized carbons (Fsp3) is 0.429. The Labute approximate surface area is 127 Å². The Balaban J connectivity index is 2.69. The number of nitro groups is 1. The van der Waals surface area contributed by atoms with Crippen molar-refractivity contribution in [3.63, 3.8) is 0 Å². The molecule has 0 spiro atoms. The maximum atomic E-state index is 12.0. The van der Waals surface area contributed by atoms with Crippen LogP contribution in [-0.4, -0.2) is 34.0 Å². The summed E-state index contributed by atoms with van der Waals surface area (Å²) in [6.07, 6.45) is 1.08. The standard InChI is InChI=1S/C14H19N3O5/c1-3-5-12(14(19)20)15-9(2)13(18)16-10-6-4-7-11(8-10)17(21)22/h4,6-9,12,15H,3,5H2,1-2H3,(H,16,18)(H,19,20). The third-order valence-corrected chi connectivity index (χ3v) is 3.04. The van der Waals surface area contributed by atoms with Gasteiger partial charge in [0.1, 0.15) is 6.04 Å². The van der Waals surface area contributed by atoms with Crippen molar-refractivity contribution in [1.29, 1.82) is 0 Å². The van der Waals surface area contributed by atoms with Crippen molar-refractivity contribution in [2.75, 3.05) is 5.32 Å². The summed E-state index contributed by atoms with van der Waals surface area (Å²) >= 11 is 0. The van der Waals surface area contributed by atoms with Gasteiger partial charge in [0.25, 0.3) is 5.69 Å². The van der Waals surface area contributed by atoms with Crippen LogP contribution in [0, 0.1) is 10.1 Å². The van der Waals surface area contributed by atoms with E-state index >= 15 is 0 Å². The Hall–Kier alpha value is -2.48. The number of carbonyl (C=O) groups excluding carboxylic acids is 1. The van der Waals surface area contributed by atoms with Gasteiger partial charge >= 0.3 is 5.97 Å². The number of anilines is 1. The Kier molecular flexibility index (Phi) is 6.46. The van der Waals surface area contributed by atoms with Crippen LogP contribution >= 0.6 is 0 Å². The number of nitro benzene ring substituents is 1. The Bertz CT molecular complexity index is 561. The summed E-state index contributed by atoms with van der Waals surface area (Å²) in [4.78, 5) is 33.2.